The van der Waals surface area contributed by atoms with Gasteiger partial charge in [-0.05, 0) is 30.7 Å². The van der Waals surface area contributed by atoms with Crippen molar-refractivity contribution in [2.24, 2.45) is 5.92 Å². The van der Waals surface area contributed by atoms with Crippen LogP contribution in [-0.2, 0) is 13.0 Å². The molecule has 1 unspecified atom stereocenters. The van der Waals surface area contributed by atoms with E-state index in [2.05, 4.69) is 39.6 Å². The molecule has 1 atom stereocenters. The number of urea groups is 1. The van der Waals surface area contributed by atoms with Crippen molar-refractivity contribution in [2.45, 2.75) is 25.8 Å². The van der Waals surface area contributed by atoms with Gasteiger partial charge < -0.3 is 10.2 Å². The standard InChI is InChI=1S/C18H21ClN4O/c19-17-16(20-8-9-21-17)12-22-18(24)23-10-4-7-15(13-23)11-14-5-2-1-3-6-14/h1-3,5-6,8-9,15H,4,7,10-13H2,(H,22,24). The van der Waals surface area contributed by atoms with Crippen LogP contribution < -0.4 is 5.32 Å². The van der Waals surface area contributed by atoms with Crippen LogP contribution in [0.25, 0.3) is 0 Å². The van der Waals surface area contributed by atoms with Gasteiger partial charge in [-0.2, -0.15) is 0 Å². The van der Waals surface area contributed by atoms with Crippen molar-refractivity contribution in [3.05, 3.63) is 59.1 Å². The lowest BCUT2D eigenvalue weighted by Gasteiger charge is -2.33. The number of rotatable bonds is 4. The molecular weight excluding hydrogens is 324 g/mol. The Bertz CT molecular complexity index is 680. The third kappa shape index (κ3) is 4.45. The number of carbonyl (C=O) groups excluding carboxylic acids is 1. The van der Waals surface area contributed by atoms with E-state index in [-0.39, 0.29) is 6.03 Å². The summed E-state index contributed by atoms with van der Waals surface area (Å²) in [5, 5.41) is 3.23. The zero-order valence-electron chi connectivity index (χ0n) is 13.5. The fourth-order valence-electron chi connectivity index (χ4n) is 3.10. The molecule has 1 aromatic heterocycles. The second-order valence-corrected chi connectivity index (χ2v) is 6.45. The Labute approximate surface area is 147 Å². The number of aromatic nitrogens is 2. The second-order valence-electron chi connectivity index (χ2n) is 6.10. The van der Waals surface area contributed by atoms with Crippen LogP contribution in [0.5, 0.6) is 0 Å². The van der Waals surface area contributed by atoms with Crippen LogP contribution in [0.4, 0.5) is 4.79 Å². The molecule has 0 spiro atoms. The summed E-state index contributed by atoms with van der Waals surface area (Å²) < 4.78 is 0. The normalized spacial score (nSPS) is 17.5. The van der Waals surface area contributed by atoms with Gasteiger partial charge in [-0.1, -0.05) is 41.9 Å². The highest BCUT2D eigenvalue weighted by Crippen LogP contribution is 2.21. The highest BCUT2D eigenvalue weighted by Gasteiger charge is 2.23. The number of likely N-dealkylation sites (tertiary alicyclic amines) is 1. The van der Waals surface area contributed by atoms with Crippen molar-refractivity contribution < 1.29 is 4.79 Å². The number of benzene rings is 1. The predicted octanol–water partition coefficient (Wildman–Crippen LogP) is 3.29. The predicted molar refractivity (Wildman–Crippen MR) is 93.7 cm³/mol. The Hall–Kier alpha value is -2.14. The number of nitrogens with one attached hydrogen (secondary N) is 1. The number of amides is 2. The van der Waals surface area contributed by atoms with Gasteiger partial charge in [0, 0.05) is 25.5 Å². The number of carbonyl (C=O) groups is 1. The molecule has 1 fully saturated rings. The Kier molecular flexibility index (Phi) is 5.64. The van der Waals surface area contributed by atoms with E-state index >= 15 is 0 Å². The minimum atomic E-state index is -0.0607. The average Bonchev–Trinajstić information content (AvgIpc) is 2.62. The molecular formula is C18H21ClN4O. The van der Waals surface area contributed by atoms with Crippen LogP contribution in [0.2, 0.25) is 5.15 Å². The van der Waals surface area contributed by atoms with E-state index < -0.39 is 0 Å². The monoisotopic (exact) mass is 344 g/mol. The SMILES string of the molecule is O=C(NCc1nccnc1Cl)N1CCCC(Cc2ccccc2)C1. The molecule has 1 aliphatic heterocycles. The molecule has 2 amide bonds. The van der Waals surface area contributed by atoms with E-state index in [1.165, 1.54) is 11.8 Å². The van der Waals surface area contributed by atoms with E-state index in [1.54, 1.807) is 6.20 Å². The molecule has 2 aromatic rings. The smallest absolute Gasteiger partial charge is 0.317 e. The molecule has 0 radical (unpaired) electrons. The van der Waals surface area contributed by atoms with Crippen molar-refractivity contribution in [3.8, 4) is 0 Å². The highest BCUT2D eigenvalue weighted by atomic mass is 35.5. The van der Waals surface area contributed by atoms with Crippen LogP contribution in [0.1, 0.15) is 24.1 Å². The fraction of sp³-hybridized carbons (Fsp3) is 0.389. The first-order valence-corrected chi connectivity index (χ1v) is 8.62. The summed E-state index contributed by atoms with van der Waals surface area (Å²) in [5.74, 6) is 0.506. The van der Waals surface area contributed by atoms with Crippen molar-refractivity contribution in [2.75, 3.05) is 13.1 Å². The second kappa shape index (κ2) is 8.11. The van der Waals surface area contributed by atoms with Gasteiger partial charge in [-0.3, -0.25) is 4.98 Å². The molecule has 0 bridgehead atoms. The number of nitrogens with zero attached hydrogens (tertiary/aromatic N) is 3. The molecule has 0 saturated carbocycles. The topological polar surface area (TPSA) is 58.1 Å². The summed E-state index contributed by atoms with van der Waals surface area (Å²) in [4.78, 5) is 22.4. The van der Waals surface area contributed by atoms with Crippen molar-refractivity contribution in [3.63, 3.8) is 0 Å². The molecule has 24 heavy (non-hydrogen) atoms. The summed E-state index contributed by atoms with van der Waals surface area (Å²) in [7, 11) is 0. The minimum absolute atomic E-state index is 0.0607. The summed E-state index contributed by atoms with van der Waals surface area (Å²) in [6.45, 7) is 1.88. The van der Waals surface area contributed by atoms with Crippen LogP contribution in [0.3, 0.4) is 0 Å². The van der Waals surface area contributed by atoms with Gasteiger partial charge in [-0.15, -0.1) is 0 Å². The quantitative estimate of drug-likeness (QED) is 0.925. The lowest BCUT2D eigenvalue weighted by atomic mass is 9.91. The molecule has 1 N–H and O–H groups in total. The highest BCUT2D eigenvalue weighted by molar-refractivity contribution is 6.29. The summed E-state index contributed by atoms with van der Waals surface area (Å²) >= 11 is 5.97. The lowest BCUT2D eigenvalue weighted by molar-refractivity contribution is 0.164. The summed E-state index contributed by atoms with van der Waals surface area (Å²) in [6.07, 6.45) is 6.32. The van der Waals surface area contributed by atoms with Gasteiger partial charge in [0.25, 0.3) is 0 Å². The molecule has 0 aliphatic carbocycles. The maximum atomic E-state index is 12.4. The Morgan fingerprint density at radius 3 is 2.83 bits per heavy atom. The minimum Gasteiger partial charge on any atom is -0.332 e. The van der Waals surface area contributed by atoms with E-state index in [0.29, 0.717) is 23.3 Å². The first kappa shape index (κ1) is 16.7. The van der Waals surface area contributed by atoms with Gasteiger partial charge in [0.15, 0.2) is 5.15 Å². The van der Waals surface area contributed by atoms with E-state index in [9.17, 15) is 4.79 Å². The number of piperidine rings is 1. The van der Waals surface area contributed by atoms with E-state index in [0.717, 1.165) is 32.4 Å². The summed E-state index contributed by atoms with van der Waals surface area (Å²) in [6, 6.07) is 10.4. The zero-order chi connectivity index (χ0) is 16.8. The Morgan fingerprint density at radius 1 is 1.25 bits per heavy atom. The average molecular weight is 345 g/mol. The van der Waals surface area contributed by atoms with Crippen LogP contribution in [-0.4, -0.2) is 34.0 Å². The van der Waals surface area contributed by atoms with Gasteiger partial charge in [0.05, 0.1) is 12.2 Å². The fourth-order valence-corrected chi connectivity index (χ4v) is 3.28. The van der Waals surface area contributed by atoms with Gasteiger partial charge in [-0.25, -0.2) is 9.78 Å². The Morgan fingerprint density at radius 2 is 2.04 bits per heavy atom. The molecule has 3 rings (SSSR count). The largest absolute Gasteiger partial charge is 0.332 e. The van der Waals surface area contributed by atoms with Crippen molar-refractivity contribution >= 4 is 17.6 Å². The van der Waals surface area contributed by atoms with Gasteiger partial charge >= 0.3 is 6.03 Å². The molecule has 126 valence electrons. The van der Waals surface area contributed by atoms with E-state index in [1.807, 2.05) is 11.0 Å². The third-order valence-electron chi connectivity index (χ3n) is 4.30. The zero-order valence-corrected chi connectivity index (χ0v) is 14.2. The van der Waals surface area contributed by atoms with E-state index in [4.69, 9.17) is 11.6 Å². The van der Waals surface area contributed by atoms with Crippen molar-refractivity contribution in [1.82, 2.24) is 20.2 Å². The number of hydrogen-bond donors (Lipinski definition) is 1. The summed E-state index contributed by atoms with van der Waals surface area (Å²) in [5.41, 5.74) is 1.92. The number of halogens is 1. The molecule has 5 nitrogen and oxygen atoms in total. The third-order valence-corrected chi connectivity index (χ3v) is 4.62. The molecule has 2 heterocycles. The number of hydrogen-bond acceptors (Lipinski definition) is 3. The Balaban J connectivity index is 1.52. The van der Waals surface area contributed by atoms with Crippen LogP contribution in [0, 0.1) is 5.92 Å². The molecule has 1 aliphatic rings. The molecule has 6 heteroatoms. The van der Waals surface area contributed by atoms with Gasteiger partial charge in [0.2, 0.25) is 0 Å². The van der Waals surface area contributed by atoms with Crippen molar-refractivity contribution in [1.29, 1.82) is 0 Å². The first-order chi connectivity index (χ1) is 11.7. The van der Waals surface area contributed by atoms with Gasteiger partial charge in [0.1, 0.15) is 0 Å². The van der Waals surface area contributed by atoms with Crippen LogP contribution in [0.15, 0.2) is 42.7 Å². The lowest BCUT2D eigenvalue weighted by Crippen LogP contribution is -2.45. The maximum Gasteiger partial charge on any atom is 0.317 e. The molecule has 1 aromatic carbocycles. The van der Waals surface area contributed by atoms with Crippen LogP contribution >= 0.6 is 11.6 Å². The molecule has 1 saturated heterocycles. The maximum absolute atomic E-state index is 12.4. The first-order valence-electron chi connectivity index (χ1n) is 8.24.